The minimum Gasteiger partial charge on any atom is -0.481 e. The van der Waals surface area contributed by atoms with Crippen LogP contribution in [-0.4, -0.2) is 66.7 Å². The van der Waals surface area contributed by atoms with E-state index < -0.39 is 5.97 Å². The molecule has 116 valence electrons. The average molecular weight is 285 g/mol. The summed E-state index contributed by atoms with van der Waals surface area (Å²) < 4.78 is 0. The van der Waals surface area contributed by atoms with Crippen molar-refractivity contribution in [3.05, 3.63) is 0 Å². The molecule has 0 aliphatic heterocycles. The number of nitrogens with zero attached hydrogens (tertiary/aromatic N) is 2. The molecule has 0 aromatic carbocycles. The maximum atomic E-state index is 12.0. The Morgan fingerprint density at radius 2 is 1.80 bits per heavy atom. The summed E-state index contributed by atoms with van der Waals surface area (Å²) in [4.78, 5) is 26.2. The summed E-state index contributed by atoms with van der Waals surface area (Å²) in [5, 5.41) is 11.6. The first kappa shape index (κ1) is 16.8. The Balaban J connectivity index is 2.36. The summed E-state index contributed by atoms with van der Waals surface area (Å²) in [6.07, 6.45) is 5.23. The average Bonchev–Trinajstić information content (AvgIpc) is 2.85. The highest BCUT2D eigenvalue weighted by atomic mass is 16.4. The van der Waals surface area contributed by atoms with Crippen molar-refractivity contribution in [3.63, 3.8) is 0 Å². The number of aliphatic carboxylic acids is 1. The molecule has 0 aromatic heterocycles. The molecule has 6 nitrogen and oxygen atoms in total. The molecule has 1 aliphatic carbocycles. The molecule has 1 fully saturated rings. The van der Waals surface area contributed by atoms with Gasteiger partial charge < -0.3 is 20.2 Å². The van der Waals surface area contributed by atoms with Crippen molar-refractivity contribution in [2.24, 2.45) is 0 Å². The number of rotatable bonds is 7. The zero-order valence-electron chi connectivity index (χ0n) is 12.8. The fraction of sp³-hybridized carbons (Fsp3) is 0.857. The fourth-order valence-corrected chi connectivity index (χ4v) is 2.76. The van der Waals surface area contributed by atoms with Gasteiger partial charge in [-0.3, -0.25) is 4.79 Å². The number of urea groups is 1. The van der Waals surface area contributed by atoms with Crippen LogP contribution >= 0.6 is 0 Å². The summed E-state index contributed by atoms with van der Waals surface area (Å²) in [7, 11) is 5.83. The van der Waals surface area contributed by atoms with Gasteiger partial charge in [-0.15, -0.1) is 0 Å². The molecule has 0 unspecified atom stereocenters. The molecule has 0 spiro atoms. The first-order valence-electron chi connectivity index (χ1n) is 7.25. The third-order valence-electron chi connectivity index (χ3n) is 4.28. The molecule has 0 aromatic rings. The van der Waals surface area contributed by atoms with Crippen LogP contribution in [0.25, 0.3) is 0 Å². The molecule has 1 rings (SSSR count). The highest BCUT2D eigenvalue weighted by Gasteiger charge is 2.36. The van der Waals surface area contributed by atoms with E-state index in [4.69, 9.17) is 5.11 Å². The molecule has 6 heteroatoms. The Bertz CT molecular complexity index is 339. The van der Waals surface area contributed by atoms with Gasteiger partial charge in [0.25, 0.3) is 0 Å². The lowest BCUT2D eigenvalue weighted by Gasteiger charge is -2.37. The number of carboxylic acid groups (broad SMARTS) is 1. The van der Waals surface area contributed by atoms with Gasteiger partial charge in [-0.25, -0.2) is 4.79 Å². The largest absolute Gasteiger partial charge is 0.481 e. The predicted molar refractivity (Wildman–Crippen MR) is 77.8 cm³/mol. The standard InChI is InChI=1S/C14H27N3O3/c1-16(2)14(8-4-5-9-14)11-15-13(20)17(3)10-6-7-12(18)19/h4-11H2,1-3H3,(H,15,20)(H,18,19). The molecule has 1 saturated carbocycles. The van der Waals surface area contributed by atoms with Gasteiger partial charge >= 0.3 is 12.0 Å². The minimum atomic E-state index is -0.823. The number of carbonyl (C=O) groups is 2. The molecular formula is C14H27N3O3. The van der Waals surface area contributed by atoms with Gasteiger partial charge in [0.2, 0.25) is 0 Å². The van der Waals surface area contributed by atoms with Gasteiger partial charge in [0.05, 0.1) is 0 Å². The lowest BCUT2D eigenvalue weighted by Crippen LogP contribution is -2.52. The molecule has 0 radical (unpaired) electrons. The van der Waals surface area contributed by atoms with Crippen molar-refractivity contribution in [1.29, 1.82) is 0 Å². The van der Waals surface area contributed by atoms with Gasteiger partial charge in [-0.1, -0.05) is 12.8 Å². The zero-order chi connectivity index (χ0) is 15.2. The van der Waals surface area contributed by atoms with Crippen molar-refractivity contribution >= 4 is 12.0 Å². The summed E-state index contributed by atoms with van der Waals surface area (Å²) in [6.45, 7) is 1.12. The van der Waals surface area contributed by atoms with Crippen LogP contribution in [0.3, 0.4) is 0 Å². The highest BCUT2D eigenvalue weighted by Crippen LogP contribution is 2.33. The maximum absolute atomic E-state index is 12.0. The number of carboxylic acids is 1. The second kappa shape index (κ2) is 7.47. The van der Waals surface area contributed by atoms with Crippen LogP contribution in [0.5, 0.6) is 0 Å². The minimum absolute atomic E-state index is 0.0809. The quantitative estimate of drug-likeness (QED) is 0.741. The van der Waals surface area contributed by atoms with Crippen LogP contribution in [0, 0.1) is 0 Å². The highest BCUT2D eigenvalue weighted by molar-refractivity contribution is 5.74. The summed E-state index contributed by atoms with van der Waals surface area (Å²) in [5.41, 5.74) is 0.0809. The van der Waals surface area contributed by atoms with Crippen LogP contribution in [-0.2, 0) is 4.79 Å². The summed E-state index contributed by atoms with van der Waals surface area (Å²) in [6, 6.07) is -0.122. The molecular weight excluding hydrogens is 258 g/mol. The van der Waals surface area contributed by atoms with Gasteiger partial charge in [0, 0.05) is 32.1 Å². The van der Waals surface area contributed by atoms with Crippen molar-refractivity contribution in [2.75, 3.05) is 34.2 Å². The van der Waals surface area contributed by atoms with Gasteiger partial charge in [-0.05, 0) is 33.4 Å². The molecule has 0 atom stereocenters. The third kappa shape index (κ3) is 4.67. The smallest absolute Gasteiger partial charge is 0.317 e. The summed E-state index contributed by atoms with van der Waals surface area (Å²) in [5.74, 6) is -0.823. The van der Waals surface area contributed by atoms with E-state index in [0.29, 0.717) is 19.5 Å². The SMILES string of the molecule is CN(CCCC(=O)O)C(=O)NCC1(N(C)C)CCCC1. The number of hydrogen-bond donors (Lipinski definition) is 2. The lowest BCUT2D eigenvalue weighted by atomic mass is 9.96. The van der Waals surface area contributed by atoms with Crippen LogP contribution in [0.15, 0.2) is 0 Å². The Labute approximate surface area is 121 Å². The van der Waals surface area contributed by atoms with E-state index in [2.05, 4.69) is 24.3 Å². The second-order valence-corrected chi connectivity index (χ2v) is 5.90. The number of nitrogens with one attached hydrogen (secondary N) is 1. The van der Waals surface area contributed by atoms with Crippen molar-refractivity contribution < 1.29 is 14.7 Å². The Hall–Kier alpha value is -1.30. The van der Waals surface area contributed by atoms with Crippen molar-refractivity contribution in [1.82, 2.24) is 15.1 Å². The van der Waals surface area contributed by atoms with E-state index in [9.17, 15) is 9.59 Å². The first-order chi connectivity index (χ1) is 9.37. The normalized spacial score (nSPS) is 17.2. The van der Waals surface area contributed by atoms with Crippen LogP contribution < -0.4 is 5.32 Å². The van der Waals surface area contributed by atoms with E-state index in [1.165, 1.54) is 12.8 Å². The lowest BCUT2D eigenvalue weighted by molar-refractivity contribution is -0.137. The molecule has 2 amide bonds. The van der Waals surface area contributed by atoms with E-state index in [1.807, 2.05) is 0 Å². The van der Waals surface area contributed by atoms with Crippen molar-refractivity contribution in [3.8, 4) is 0 Å². The van der Waals surface area contributed by atoms with E-state index in [0.717, 1.165) is 12.8 Å². The molecule has 0 heterocycles. The third-order valence-corrected chi connectivity index (χ3v) is 4.28. The number of carbonyl (C=O) groups excluding carboxylic acids is 1. The maximum Gasteiger partial charge on any atom is 0.317 e. The molecule has 2 N–H and O–H groups in total. The molecule has 0 saturated heterocycles. The Morgan fingerprint density at radius 3 is 2.30 bits per heavy atom. The predicted octanol–water partition coefficient (Wildman–Crippen LogP) is 1.37. The topological polar surface area (TPSA) is 72.9 Å². The molecule has 0 bridgehead atoms. The van der Waals surface area contributed by atoms with Crippen molar-refractivity contribution in [2.45, 2.75) is 44.1 Å². The molecule has 1 aliphatic rings. The Kier molecular flexibility index (Phi) is 6.26. The monoisotopic (exact) mass is 285 g/mol. The van der Waals surface area contributed by atoms with E-state index in [-0.39, 0.29) is 18.0 Å². The van der Waals surface area contributed by atoms with Gasteiger partial charge in [0.1, 0.15) is 0 Å². The van der Waals surface area contributed by atoms with Crippen LogP contribution in [0.4, 0.5) is 4.79 Å². The Morgan fingerprint density at radius 1 is 1.20 bits per heavy atom. The number of amides is 2. The zero-order valence-corrected chi connectivity index (χ0v) is 12.8. The number of hydrogen-bond acceptors (Lipinski definition) is 3. The molecule has 20 heavy (non-hydrogen) atoms. The van der Waals surface area contributed by atoms with E-state index in [1.54, 1.807) is 11.9 Å². The van der Waals surface area contributed by atoms with Crippen LogP contribution in [0.1, 0.15) is 38.5 Å². The summed E-state index contributed by atoms with van der Waals surface area (Å²) >= 11 is 0. The van der Waals surface area contributed by atoms with Crippen LogP contribution in [0.2, 0.25) is 0 Å². The number of likely N-dealkylation sites (N-methyl/N-ethyl adjacent to an activating group) is 1. The van der Waals surface area contributed by atoms with Gasteiger partial charge in [-0.2, -0.15) is 0 Å². The van der Waals surface area contributed by atoms with Gasteiger partial charge in [0.15, 0.2) is 0 Å². The fourth-order valence-electron chi connectivity index (χ4n) is 2.76. The second-order valence-electron chi connectivity index (χ2n) is 5.90. The first-order valence-corrected chi connectivity index (χ1v) is 7.25. The van der Waals surface area contributed by atoms with E-state index >= 15 is 0 Å².